The van der Waals surface area contributed by atoms with Gasteiger partial charge in [-0.3, -0.25) is 9.69 Å². The first-order chi connectivity index (χ1) is 23.0. The maximum atomic E-state index is 12.9. The minimum atomic E-state index is -4.27. The van der Waals surface area contributed by atoms with E-state index in [2.05, 4.69) is 66.8 Å². The normalized spacial score (nSPS) is 14.3. The predicted molar refractivity (Wildman–Crippen MR) is 182 cm³/mol. The third-order valence-electron chi connectivity index (χ3n) is 8.84. The zero-order valence-corrected chi connectivity index (χ0v) is 27.5. The molecule has 13 heteroatoms. The Morgan fingerprint density at radius 2 is 1.92 bits per heavy atom. The van der Waals surface area contributed by atoms with E-state index >= 15 is 0 Å². The Kier molecular flexibility index (Phi) is 9.48. The van der Waals surface area contributed by atoms with E-state index in [0.717, 1.165) is 71.4 Å². The highest BCUT2D eigenvalue weighted by molar-refractivity contribution is 7.18. The molecule has 5 heterocycles. The molecule has 9 nitrogen and oxygen atoms in total. The van der Waals surface area contributed by atoms with E-state index in [4.69, 9.17) is 0 Å². The molecule has 0 unspecified atom stereocenters. The number of hydrogen-bond acceptors (Lipinski definition) is 8. The van der Waals surface area contributed by atoms with Crippen molar-refractivity contribution in [2.45, 2.75) is 64.8 Å². The van der Waals surface area contributed by atoms with Crippen molar-refractivity contribution < 1.29 is 18.0 Å². The van der Waals surface area contributed by atoms with Crippen LogP contribution in [0.15, 0.2) is 55.5 Å². The van der Waals surface area contributed by atoms with Gasteiger partial charge >= 0.3 is 6.18 Å². The number of carbonyl (C=O) groups is 1. The number of hydrogen-bond donors (Lipinski definition) is 2. The monoisotopic (exact) mass is 672 g/mol. The standard InChI is InChI=1S/C35H35F3N8OS/c1-4-31(47)44-32-21(2)13-23(18-40-32)7-12-46-26(17-39)14-28-22(3)24(5-6-30(28)46)19-45-10-8-25(9-11-45)43-33-29-15-27(16-35(36,37)38)48-34(29)42-20-41-33/h4-6,13-15,18,20,25H,1,7-12,16,19H2,2-3H3,(H,40,44,47)(H,41,42,43). The highest BCUT2D eigenvalue weighted by Gasteiger charge is 2.29. The van der Waals surface area contributed by atoms with Crippen LogP contribution in [0.2, 0.25) is 0 Å². The molecular formula is C35H35F3N8OS. The number of nitrogens with one attached hydrogen (secondary N) is 2. The number of alkyl halides is 3. The number of nitriles is 1. The largest absolute Gasteiger partial charge is 0.393 e. The minimum Gasteiger partial charge on any atom is -0.367 e. The Bertz CT molecular complexity index is 2040. The van der Waals surface area contributed by atoms with E-state index in [0.29, 0.717) is 40.5 Å². The molecule has 1 aromatic carbocycles. The molecule has 0 spiro atoms. The first kappa shape index (κ1) is 33.1. The number of rotatable bonds is 10. The number of benzene rings is 1. The summed E-state index contributed by atoms with van der Waals surface area (Å²) in [5, 5.41) is 17.8. The molecule has 0 aliphatic carbocycles. The molecule has 248 valence electrons. The molecule has 6 rings (SSSR count). The molecule has 1 amide bonds. The SMILES string of the molecule is C=CC(=O)Nc1ncc(CCn2c(C#N)cc3c(C)c(CN4CCC(Nc5ncnc6sc(CC(F)(F)F)cc56)CC4)ccc32)cc1C. The molecule has 1 saturated heterocycles. The summed E-state index contributed by atoms with van der Waals surface area (Å²) >= 11 is 1.06. The average Bonchev–Trinajstić information content (AvgIpc) is 3.63. The fourth-order valence-electron chi connectivity index (χ4n) is 6.31. The van der Waals surface area contributed by atoms with Crippen LogP contribution in [-0.2, 0) is 30.7 Å². The van der Waals surface area contributed by atoms with Crippen LogP contribution in [0.1, 0.15) is 45.7 Å². The van der Waals surface area contributed by atoms with Crippen LogP contribution in [-0.4, -0.2) is 55.6 Å². The number of nitrogens with zero attached hydrogens (tertiary/aromatic N) is 6. The first-order valence-electron chi connectivity index (χ1n) is 15.7. The molecule has 0 radical (unpaired) electrons. The lowest BCUT2D eigenvalue weighted by molar-refractivity contribution is -0.126. The Morgan fingerprint density at radius 1 is 1.12 bits per heavy atom. The van der Waals surface area contributed by atoms with Crippen LogP contribution in [0, 0.1) is 25.2 Å². The predicted octanol–water partition coefficient (Wildman–Crippen LogP) is 7.08. The molecule has 0 atom stereocenters. The number of aryl methyl sites for hydroxylation is 4. The van der Waals surface area contributed by atoms with Crippen LogP contribution >= 0.6 is 11.3 Å². The third-order valence-corrected chi connectivity index (χ3v) is 9.89. The smallest absolute Gasteiger partial charge is 0.367 e. The van der Waals surface area contributed by atoms with Crippen LogP contribution < -0.4 is 10.6 Å². The molecule has 1 aliphatic rings. The molecular weight excluding hydrogens is 638 g/mol. The van der Waals surface area contributed by atoms with Gasteiger partial charge in [0.25, 0.3) is 0 Å². The van der Waals surface area contributed by atoms with Gasteiger partial charge in [-0.25, -0.2) is 15.0 Å². The number of halogens is 3. The van der Waals surface area contributed by atoms with E-state index < -0.39 is 12.6 Å². The quantitative estimate of drug-likeness (QED) is 0.153. The lowest BCUT2D eigenvalue weighted by Gasteiger charge is -2.33. The second-order valence-corrected chi connectivity index (χ2v) is 13.3. The summed E-state index contributed by atoms with van der Waals surface area (Å²) in [4.78, 5) is 27.8. The van der Waals surface area contributed by atoms with Gasteiger partial charge in [0, 0.05) is 54.2 Å². The highest BCUT2D eigenvalue weighted by Crippen LogP contribution is 2.33. The summed E-state index contributed by atoms with van der Waals surface area (Å²) in [6, 6.07) is 12.3. The molecule has 48 heavy (non-hydrogen) atoms. The van der Waals surface area contributed by atoms with Crippen LogP contribution in [0.4, 0.5) is 24.8 Å². The number of piperidine rings is 1. The van der Waals surface area contributed by atoms with Crippen molar-refractivity contribution in [3.63, 3.8) is 0 Å². The fourth-order valence-corrected chi connectivity index (χ4v) is 7.34. The molecule has 5 aromatic rings. The minimum absolute atomic E-state index is 0.155. The van der Waals surface area contributed by atoms with Crippen molar-refractivity contribution in [2.75, 3.05) is 23.7 Å². The second-order valence-electron chi connectivity index (χ2n) is 12.2. The van der Waals surface area contributed by atoms with Crippen LogP contribution in [0.25, 0.3) is 21.1 Å². The number of pyridine rings is 1. The van der Waals surface area contributed by atoms with Gasteiger partial charge in [-0.05, 0) is 79.6 Å². The van der Waals surface area contributed by atoms with Crippen molar-refractivity contribution in [1.29, 1.82) is 5.26 Å². The van der Waals surface area contributed by atoms with E-state index in [1.54, 1.807) is 12.3 Å². The van der Waals surface area contributed by atoms with Gasteiger partial charge in [0.05, 0.1) is 11.8 Å². The number of carbonyl (C=O) groups excluding carboxylic acids is 1. The van der Waals surface area contributed by atoms with E-state index in [1.807, 2.05) is 19.1 Å². The number of aromatic nitrogens is 4. The number of anilines is 2. The summed E-state index contributed by atoms with van der Waals surface area (Å²) < 4.78 is 40.9. The summed E-state index contributed by atoms with van der Waals surface area (Å²) in [5.41, 5.74) is 5.84. The number of fused-ring (bicyclic) bond motifs is 2. The summed E-state index contributed by atoms with van der Waals surface area (Å²) in [6.07, 6.45) is 1.54. The van der Waals surface area contributed by atoms with E-state index in [1.165, 1.54) is 18.0 Å². The summed E-state index contributed by atoms with van der Waals surface area (Å²) in [7, 11) is 0. The van der Waals surface area contributed by atoms with Gasteiger partial charge in [-0.1, -0.05) is 18.7 Å². The lowest BCUT2D eigenvalue weighted by atomic mass is 10.0. The van der Waals surface area contributed by atoms with Crippen molar-refractivity contribution in [1.82, 2.24) is 24.4 Å². The fraction of sp³-hybridized carbons (Fsp3) is 0.343. The Labute approximate surface area is 280 Å². The summed E-state index contributed by atoms with van der Waals surface area (Å²) in [6.45, 7) is 10.6. The molecule has 1 aliphatic heterocycles. The third kappa shape index (κ3) is 7.35. The maximum absolute atomic E-state index is 12.9. The van der Waals surface area contributed by atoms with E-state index in [-0.39, 0.29) is 16.8 Å². The van der Waals surface area contributed by atoms with Crippen LogP contribution in [0.5, 0.6) is 0 Å². The maximum Gasteiger partial charge on any atom is 0.393 e. The lowest BCUT2D eigenvalue weighted by Crippen LogP contribution is -2.39. The summed E-state index contributed by atoms with van der Waals surface area (Å²) in [5.74, 6) is 0.780. The Hall–Kier alpha value is -4.80. The van der Waals surface area contributed by atoms with Crippen molar-refractivity contribution >= 4 is 50.0 Å². The zero-order chi connectivity index (χ0) is 34.0. The molecule has 0 saturated carbocycles. The van der Waals surface area contributed by atoms with Crippen molar-refractivity contribution in [2.24, 2.45) is 0 Å². The van der Waals surface area contributed by atoms with Gasteiger partial charge in [-0.15, -0.1) is 11.3 Å². The first-order valence-corrected chi connectivity index (χ1v) is 16.5. The molecule has 0 bridgehead atoms. The topological polar surface area (TPSA) is 112 Å². The van der Waals surface area contributed by atoms with Crippen LogP contribution in [0.3, 0.4) is 0 Å². The van der Waals surface area contributed by atoms with Crippen molar-refractivity contribution in [3.05, 3.63) is 88.3 Å². The van der Waals surface area contributed by atoms with Gasteiger partial charge in [0.15, 0.2) is 0 Å². The number of amides is 1. The van der Waals surface area contributed by atoms with Gasteiger partial charge in [0.1, 0.15) is 34.6 Å². The molecule has 2 N–H and O–H groups in total. The number of likely N-dealkylation sites (tertiary alicyclic amines) is 1. The van der Waals surface area contributed by atoms with Gasteiger partial charge < -0.3 is 15.2 Å². The van der Waals surface area contributed by atoms with Crippen molar-refractivity contribution in [3.8, 4) is 6.07 Å². The Morgan fingerprint density at radius 3 is 2.62 bits per heavy atom. The average molecular weight is 673 g/mol. The van der Waals surface area contributed by atoms with Gasteiger partial charge in [0.2, 0.25) is 5.91 Å². The Balaban J connectivity index is 1.09. The highest BCUT2D eigenvalue weighted by atomic mass is 32.1. The molecule has 4 aromatic heterocycles. The van der Waals surface area contributed by atoms with E-state index in [9.17, 15) is 23.2 Å². The second kappa shape index (κ2) is 13.7. The zero-order valence-electron chi connectivity index (χ0n) is 26.7. The number of thiophene rings is 1. The molecule has 1 fully saturated rings. The van der Waals surface area contributed by atoms with Gasteiger partial charge in [-0.2, -0.15) is 18.4 Å².